The van der Waals surface area contributed by atoms with Gasteiger partial charge in [-0.15, -0.1) is 11.3 Å². The SMILES string of the molecule is CCOCCC(=O)N1CCNC(=O)c2coc(n2)[C@H](Cc2ccccc2)NC(=O)c2csc(n2)[C@H](C(C)C)NC(=O)C1. The van der Waals surface area contributed by atoms with E-state index in [1.165, 1.54) is 22.5 Å². The third kappa shape index (κ3) is 8.23. The van der Waals surface area contributed by atoms with Gasteiger partial charge in [0.1, 0.15) is 23.0 Å². The maximum atomic E-state index is 13.3. The van der Waals surface area contributed by atoms with Gasteiger partial charge in [0, 0.05) is 31.5 Å². The smallest absolute Gasteiger partial charge is 0.273 e. The lowest BCUT2D eigenvalue weighted by atomic mass is 10.0. The van der Waals surface area contributed by atoms with E-state index in [9.17, 15) is 19.2 Å². The number of thiazole rings is 1. The fourth-order valence-corrected chi connectivity index (χ4v) is 5.44. The highest BCUT2D eigenvalue weighted by Gasteiger charge is 2.28. The summed E-state index contributed by atoms with van der Waals surface area (Å²) in [7, 11) is 0. The molecule has 0 fully saturated rings. The molecule has 0 aliphatic carbocycles. The number of carbonyl (C=O) groups is 4. The Morgan fingerprint density at radius 2 is 1.90 bits per heavy atom. The van der Waals surface area contributed by atoms with Crippen molar-refractivity contribution in [2.45, 2.75) is 45.7 Å². The summed E-state index contributed by atoms with van der Waals surface area (Å²) in [6, 6.07) is 8.38. The Hall–Kier alpha value is -4.10. The lowest BCUT2D eigenvalue weighted by Gasteiger charge is -2.25. The lowest BCUT2D eigenvalue weighted by molar-refractivity contribution is -0.137. The summed E-state index contributed by atoms with van der Waals surface area (Å²) in [6.45, 7) is 6.39. The maximum absolute atomic E-state index is 13.3. The average Bonchev–Trinajstić information content (AvgIpc) is 3.66. The van der Waals surface area contributed by atoms with Crippen LogP contribution in [0, 0.1) is 5.92 Å². The third-order valence-electron chi connectivity index (χ3n) is 6.66. The van der Waals surface area contributed by atoms with Crippen molar-refractivity contribution in [3.8, 4) is 0 Å². The average molecular weight is 597 g/mol. The van der Waals surface area contributed by atoms with Crippen LogP contribution >= 0.6 is 11.3 Å². The zero-order valence-electron chi connectivity index (χ0n) is 23.9. The van der Waals surface area contributed by atoms with E-state index in [0.717, 1.165) is 5.56 Å². The molecule has 13 heteroatoms. The number of rotatable bonds is 7. The van der Waals surface area contributed by atoms with Crippen molar-refractivity contribution in [2.24, 2.45) is 5.92 Å². The molecule has 0 unspecified atom stereocenters. The fraction of sp³-hybridized carbons (Fsp3) is 0.448. The van der Waals surface area contributed by atoms with Gasteiger partial charge in [-0.05, 0) is 18.4 Å². The number of nitrogens with zero attached hydrogens (tertiary/aromatic N) is 3. The quantitative estimate of drug-likeness (QED) is 0.352. The standard InChI is InChI=1S/C29H36N6O6S/c1-4-40-13-10-24(37)35-12-11-30-26(38)21-16-41-28(32-21)20(14-19-8-6-5-7-9-19)31-27(39)22-17-42-29(33-22)25(18(2)3)34-23(36)15-35/h5-9,16-18,20,25H,4,10-15H2,1-3H3,(H,30,38)(H,31,39)(H,34,36)/t20-,25-/m0/s1. The van der Waals surface area contributed by atoms with Gasteiger partial charge in [0.05, 0.1) is 25.6 Å². The number of oxazole rings is 1. The van der Waals surface area contributed by atoms with Crippen molar-refractivity contribution >= 4 is 35.0 Å². The predicted molar refractivity (Wildman–Crippen MR) is 155 cm³/mol. The summed E-state index contributed by atoms with van der Waals surface area (Å²) in [4.78, 5) is 62.6. The minimum Gasteiger partial charge on any atom is -0.446 e. The highest BCUT2D eigenvalue weighted by atomic mass is 32.1. The van der Waals surface area contributed by atoms with Crippen LogP contribution in [-0.4, -0.2) is 71.3 Å². The Morgan fingerprint density at radius 3 is 2.64 bits per heavy atom. The number of nitrogens with one attached hydrogen (secondary N) is 3. The van der Waals surface area contributed by atoms with E-state index in [4.69, 9.17) is 9.15 Å². The lowest BCUT2D eigenvalue weighted by Crippen LogP contribution is -2.45. The molecule has 12 nitrogen and oxygen atoms in total. The molecule has 0 saturated carbocycles. The molecule has 1 aliphatic heterocycles. The van der Waals surface area contributed by atoms with Crippen LogP contribution in [0.5, 0.6) is 0 Å². The fourth-order valence-electron chi connectivity index (χ4n) is 4.42. The Labute approximate surface area is 248 Å². The number of benzene rings is 1. The first-order chi connectivity index (χ1) is 20.2. The zero-order valence-corrected chi connectivity index (χ0v) is 24.7. The van der Waals surface area contributed by atoms with Gasteiger partial charge < -0.3 is 30.0 Å². The Morgan fingerprint density at radius 1 is 1.12 bits per heavy atom. The molecule has 4 rings (SSSR count). The molecular formula is C29H36N6O6S. The van der Waals surface area contributed by atoms with Gasteiger partial charge in [0.15, 0.2) is 5.69 Å². The molecule has 0 saturated heterocycles. The van der Waals surface area contributed by atoms with Gasteiger partial charge in [-0.3, -0.25) is 19.2 Å². The summed E-state index contributed by atoms with van der Waals surface area (Å²) >= 11 is 1.27. The number of fused-ring (bicyclic) bond motifs is 4. The van der Waals surface area contributed by atoms with Gasteiger partial charge in [0.25, 0.3) is 11.8 Å². The van der Waals surface area contributed by atoms with Crippen LogP contribution in [-0.2, 0) is 20.7 Å². The van der Waals surface area contributed by atoms with Crippen molar-refractivity contribution in [1.82, 2.24) is 30.8 Å². The van der Waals surface area contributed by atoms with Gasteiger partial charge in [0.2, 0.25) is 17.7 Å². The monoisotopic (exact) mass is 596 g/mol. The van der Waals surface area contributed by atoms with Crippen LogP contribution in [0.1, 0.15) is 76.7 Å². The van der Waals surface area contributed by atoms with Gasteiger partial charge in [-0.25, -0.2) is 9.97 Å². The first-order valence-corrected chi connectivity index (χ1v) is 14.8. The molecular weight excluding hydrogens is 560 g/mol. The Kier molecular flexibility index (Phi) is 10.8. The minimum atomic E-state index is -0.676. The van der Waals surface area contributed by atoms with Crippen molar-refractivity contribution < 1.29 is 28.3 Å². The molecule has 1 aromatic carbocycles. The van der Waals surface area contributed by atoms with E-state index < -0.39 is 23.9 Å². The van der Waals surface area contributed by atoms with Crippen LogP contribution in [0.3, 0.4) is 0 Å². The molecule has 1 aliphatic rings. The normalized spacial score (nSPS) is 18.6. The summed E-state index contributed by atoms with van der Waals surface area (Å²) in [5, 5.41) is 10.9. The number of hydrogen-bond donors (Lipinski definition) is 3. The molecule has 0 radical (unpaired) electrons. The number of hydrogen-bond acceptors (Lipinski definition) is 9. The Balaban J connectivity index is 1.64. The molecule has 224 valence electrons. The predicted octanol–water partition coefficient (Wildman–Crippen LogP) is 2.66. The second-order valence-electron chi connectivity index (χ2n) is 10.2. The van der Waals surface area contributed by atoms with Crippen molar-refractivity contribution in [3.63, 3.8) is 0 Å². The Bertz CT molecular complexity index is 1370. The maximum Gasteiger partial charge on any atom is 0.273 e. The zero-order chi connectivity index (χ0) is 30.1. The summed E-state index contributed by atoms with van der Waals surface area (Å²) in [5.41, 5.74) is 1.15. The number of carbonyl (C=O) groups excluding carboxylic acids is 4. The van der Waals surface area contributed by atoms with Gasteiger partial charge in [-0.1, -0.05) is 44.2 Å². The van der Waals surface area contributed by atoms with Crippen molar-refractivity contribution in [1.29, 1.82) is 0 Å². The van der Waals surface area contributed by atoms with Crippen molar-refractivity contribution in [3.05, 3.63) is 69.8 Å². The molecule has 4 amide bonds. The summed E-state index contributed by atoms with van der Waals surface area (Å²) in [6.07, 6.45) is 1.70. The molecule has 42 heavy (non-hydrogen) atoms. The molecule has 0 spiro atoms. The van der Waals surface area contributed by atoms with E-state index in [0.29, 0.717) is 18.0 Å². The summed E-state index contributed by atoms with van der Waals surface area (Å²) in [5.74, 6) is -1.47. The second-order valence-corrected chi connectivity index (χ2v) is 11.1. The number of amides is 4. The van der Waals surface area contributed by atoms with E-state index in [2.05, 4.69) is 25.9 Å². The van der Waals surface area contributed by atoms with Crippen LogP contribution in [0.15, 0.2) is 46.4 Å². The van der Waals surface area contributed by atoms with Crippen molar-refractivity contribution in [2.75, 3.05) is 32.8 Å². The van der Waals surface area contributed by atoms with E-state index >= 15 is 0 Å². The van der Waals surface area contributed by atoms with Gasteiger partial charge >= 0.3 is 0 Å². The molecule has 3 N–H and O–H groups in total. The highest BCUT2D eigenvalue weighted by Crippen LogP contribution is 2.26. The van der Waals surface area contributed by atoms with Crippen LogP contribution in [0.4, 0.5) is 0 Å². The molecule has 3 heterocycles. The van der Waals surface area contributed by atoms with Crippen LogP contribution < -0.4 is 16.0 Å². The molecule has 2 atom stereocenters. The van der Waals surface area contributed by atoms with E-state index in [1.807, 2.05) is 51.1 Å². The van der Waals surface area contributed by atoms with Crippen LogP contribution in [0.2, 0.25) is 0 Å². The highest BCUT2D eigenvalue weighted by molar-refractivity contribution is 7.09. The minimum absolute atomic E-state index is 0.0288. The van der Waals surface area contributed by atoms with E-state index in [1.54, 1.807) is 5.38 Å². The van der Waals surface area contributed by atoms with Crippen LogP contribution in [0.25, 0.3) is 0 Å². The first-order valence-electron chi connectivity index (χ1n) is 13.9. The largest absolute Gasteiger partial charge is 0.446 e. The molecule has 4 bridgehead atoms. The summed E-state index contributed by atoms with van der Waals surface area (Å²) < 4.78 is 11.0. The van der Waals surface area contributed by atoms with Gasteiger partial charge in [-0.2, -0.15) is 0 Å². The number of ether oxygens (including phenoxy) is 1. The third-order valence-corrected chi connectivity index (χ3v) is 7.59. The topological polar surface area (TPSA) is 156 Å². The second kappa shape index (κ2) is 14.7. The first kappa shape index (κ1) is 30.8. The molecule has 3 aromatic rings. The number of aromatic nitrogens is 2. The molecule has 2 aromatic heterocycles. The van der Waals surface area contributed by atoms with E-state index in [-0.39, 0.29) is 67.7 Å².